The van der Waals surface area contributed by atoms with E-state index in [2.05, 4.69) is 4.90 Å². The number of halogens is 1. The Balaban J connectivity index is 1.55. The van der Waals surface area contributed by atoms with Crippen LogP contribution >= 0.6 is 0 Å². The second-order valence-electron chi connectivity index (χ2n) is 7.35. The van der Waals surface area contributed by atoms with E-state index in [1.165, 1.54) is 6.07 Å². The van der Waals surface area contributed by atoms with Crippen LogP contribution < -0.4 is 0 Å². The zero-order chi connectivity index (χ0) is 18.5. The van der Waals surface area contributed by atoms with Crippen LogP contribution in [0.15, 0.2) is 24.3 Å². The molecule has 0 bridgehead atoms. The molecule has 6 heteroatoms. The lowest BCUT2D eigenvalue weighted by atomic mass is 9.96. The molecule has 2 aliphatic heterocycles. The molecule has 0 saturated carbocycles. The summed E-state index contributed by atoms with van der Waals surface area (Å²) in [5.41, 5.74) is 0.705. The largest absolute Gasteiger partial charge is 0.342 e. The number of amides is 2. The van der Waals surface area contributed by atoms with Gasteiger partial charge in [-0.05, 0) is 25.3 Å². The lowest BCUT2D eigenvalue weighted by Crippen LogP contribution is -2.47. The monoisotopic (exact) mass is 361 g/mol. The fourth-order valence-corrected chi connectivity index (χ4v) is 3.94. The van der Waals surface area contributed by atoms with Gasteiger partial charge < -0.3 is 9.80 Å². The maximum Gasteiger partial charge on any atom is 0.227 e. The molecule has 0 spiro atoms. The van der Waals surface area contributed by atoms with Crippen LogP contribution in [0.4, 0.5) is 4.39 Å². The molecule has 3 rings (SSSR count). The lowest BCUT2D eigenvalue weighted by molar-refractivity contribution is -0.140. The van der Waals surface area contributed by atoms with Crippen molar-refractivity contribution in [1.29, 1.82) is 0 Å². The van der Waals surface area contributed by atoms with Gasteiger partial charge >= 0.3 is 0 Å². The van der Waals surface area contributed by atoms with Gasteiger partial charge in [0, 0.05) is 58.3 Å². The van der Waals surface area contributed by atoms with Crippen molar-refractivity contribution in [1.82, 2.24) is 14.7 Å². The van der Waals surface area contributed by atoms with Crippen LogP contribution in [-0.2, 0) is 16.1 Å². The Morgan fingerprint density at radius 2 is 1.81 bits per heavy atom. The normalized spacial score (nSPS) is 22.2. The molecule has 26 heavy (non-hydrogen) atoms. The second kappa shape index (κ2) is 8.62. The summed E-state index contributed by atoms with van der Waals surface area (Å²) in [6, 6.07) is 6.88. The van der Waals surface area contributed by atoms with E-state index < -0.39 is 0 Å². The van der Waals surface area contributed by atoms with Crippen molar-refractivity contribution in [3.05, 3.63) is 35.6 Å². The van der Waals surface area contributed by atoms with Gasteiger partial charge in [-0.1, -0.05) is 18.2 Å². The predicted octanol–water partition coefficient (Wildman–Crippen LogP) is 2.12. The van der Waals surface area contributed by atoms with Gasteiger partial charge in [-0.3, -0.25) is 14.5 Å². The van der Waals surface area contributed by atoms with Crippen LogP contribution in [0.5, 0.6) is 0 Å². The Morgan fingerprint density at radius 1 is 1.04 bits per heavy atom. The third-order valence-electron chi connectivity index (χ3n) is 5.47. The van der Waals surface area contributed by atoms with Gasteiger partial charge in [-0.2, -0.15) is 0 Å². The maximum absolute atomic E-state index is 13.9. The standard InChI is InChI=1S/C20H28FN3O2/c1-16(25)24-10-4-7-18(15-24)20(26)23-11-5-9-22(12-13-23)14-17-6-2-3-8-19(17)21/h2-3,6,8,18H,4-5,7,9-15H2,1H3/t18-/m0/s1. The lowest BCUT2D eigenvalue weighted by Gasteiger charge is -2.34. The highest BCUT2D eigenvalue weighted by Crippen LogP contribution is 2.20. The average molecular weight is 361 g/mol. The number of carbonyl (C=O) groups is 2. The predicted molar refractivity (Wildman–Crippen MR) is 97.9 cm³/mol. The van der Waals surface area contributed by atoms with Gasteiger partial charge in [0.1, 0.15) is 5.82 Å². The summed E-state index contributed by atoms with van der Waals surface area (Å²) in [4.78, 5) is 30.5. The Morgan fingerprint density at radius 3 is 2.58 bits per heavy atom. The molecule has 0 N–H and O–H groups in total. The summed E-state index contributed by atoms with van der Waals surface area (Å²) in [7, 11) is 0. The SMILES string of the molecule is CC(=O)N1CCC[C@H](C(=O)N2CCCN(Cc3ccccc3F)CC2)C1. The number of likely N-dealkylation sites (tertiary alicyclic amines) is 1. The van der Waals surface area contributed by atoms with Gasteiger partial charge in [0.25, 0.3) is 0 Å². The first-order valence-electron chi connectivity index (χ1n) is 9.54. The number of carbonyl (C=O) groups excluding carboxylic acids is 2. The van der Waals surface area contributed by atoms with E-state index in [-0.39, 0.29) is 23.5 Å². The van der Waals surface area contributed by atoms with E-state index in [9.17, 15) is 14.0 Å². The number of rotatable bonds is 3. The Labute approximate surface area is 154 Å². The second-order valence-corrected chi connectivity index (χ2v) is 7.35. The first-order valence-corrected chi connectivity index (χ1v) is 9.54. The van der Waals surface area contributed by atoms with Crippen molar-refractivity contribution in [3.63, 3.8) is 0 Å². The average Bonchev–Trinajstić information content (AvgIpc) is 2.89. The molecule has 2 saturated heterocycles. The Bertz CT molecular complexity index is 652. The number of benzene rings is 1. The van der Waals surface area contributed by atoms with Crippen molar-refractivity contribution in [2.75, 3.05) is 39.3 Å². The van der Waals surface area contributed by atoms with Crippen LogP contribution in [-0.4, -0.2) is 65.8 Å². The number of hydrogen-bond acceptors (Lipinski definition) is 3. The quantitative estimate of drug-likeness (QED) is 0.828. The van der Waals surface area contributed by atoms with Gasteiger partial charge in [-0.15, -0.1) is 0 Å². The Kier molecular flexibility index (Phi) is 6.25. The summed E-state index contributed by atoms with van der Waals surface area (Å²) >= 11 is 0. The summed E-state index contributed by atoms with van der Waals surface area (Å²) in [6.07, 6.45) is 2.64. The fourth-order valence-electron chi connectivity index (χ4n) is 3.94. The van der Waals surface area contributed by atoms with E-state index in [0.717, 1.165) is 45.4 Å². The molecule has 0 aliphatic carbocycles. The molecular weight excluding hydrogens is 333 g/mol. The first-order chi connectivity index (χ1) is 12.5. The molecule has 1 atom stereocenters. The third kappa shape index (κ3) is 4.61. The van der Waals surface area contributed by atoms with Crippen molar-refractivity contribution in [3.8, 4) is 0 Å². The molecule has 0 radical (unpaired) electrons. The van der Waals surface area contributed by atoms with Gasteiger partial charge in [0.2, 0.25) is 11.8 Å². The summed E-state index contributed by atoms with van der Waals surface area (Å²) < 4.78 is 13.9. The zero-order valence-corrected chi connectivity index (χ0v) is 15.5. The number of nitrogens with zero attached hydrogens (tertiary/aromatic N) is 3. The van der Waals surface area contributed by atoms with E-state index in [4.69, 9.17) is 0 Å². The van der Waals surface area contributed by atoms with E-state index in [1.807, 2.05) is 17.0 Å². The molecule has 2 amide bonds. The van der Waals surface area contributed by atoms with Crippen molar-refractivity contribution >= 4 is 11.8 Å². The van der Waals surface area contributed by atoms with Crippen LogP contribution in [0.2, 0.25) is 0 Å². The fraction of sp³-hybridized carbons (Fsp3) is 0.600. The van der Waals surface area contributed by atoms with Crippen LogP contribution in [0.3, 0.4) is 0 Å². The maximum atomic E-state index is 13.9. The minimum Gasteiger partial charge on any atom is -0.342 e. The van der Waals surface area contributed by atoms with Gasteiger partial charge in [0.05, 0.1) is 5.92 Å². The van der Waals surface area contributed by atoms with E-state index >= 15 is 0 Å². The third-order valence-corrected chi connectivity index (χ3v) is 5.47. The van der Waals surface area contributed by atoms with Crippen molar-refractivity contribution in [2.45, 2.75) is 32.7 Å². The first kappa shape index (κ1) is 18.8. The molecule has 5 nitrogen and oxygen atoms in total. The minimum absolute atomic E-state index is 0.0504. The minimum atomic E-state index is -0.170. The van der Waals surface area contributed by atoms with Gasteiger partial charge in [0.15, 0.2) is 0 Å². The summed E-state index contributed by atoms with van der Waals surface area (Å²) in [5, 5.41) is 0. The molecular formula is C20H28FN3O2. The highest BCUT2D eigenvalue weighted by atomic mass is 19.1. The van der Waals surface area contributed by atoms with Crippen molar-refractivity contribution in [2.24, 2.45) is 5.92 Å². The van der Waals surface area contributed by atoms with E-state index in [1.54, 1.807) is 17.9 Å². The topological polar surface area (TPSA) is 43.9 Å². The van der Waals surface area contributed by atoms with Gasteiger partial charge in [-0.25, -0.2) is 4.39 Å². The number of hydrogen-bond donors (Lipinski definition) is 0. The summed E-state index contributed by atoms with van der Waals surface area (Å²) in [5.74, 6) is -0.0277. The number of piperidine rings is 1. The van der Waals surface area contributed by atoms with Crippen molar-refractivity contribution < 1.29 is 14.0 Å². The van der Waals surface area contributed by atoms with E-state index in [0.29, 0.717) is 25.2 Å². The molecule has 0 aromatic heterocycles. The highest BCUT2D eigenvalue weighted by molar-refractivity contribution is 5.80. The summed E-state index contributed by atoms with van der Waals surface area (Å²) in [6.45, 7) is 6.48. The zero-order valence-electron chi connectivity index (χ0n) is 15.5. The molecule has 2 heterocycles. The highest BCUT2D eigenvalue weighted by Gasteiger charge is 2.31. The molecule has 2 fully saturated rings. The molecule has 0 unspecified atom stereocenters. The van der Waals surface area contributed by atoms with Crippen LogP contribution in [0, 0.1) is 11.7 Å². The molecule has 1 aromatic rings. The smallest absolute Gasteiger partial charge is 0.227 e. The van der Waals surface area contributed by atoms with Crippen LogP contribution in [0.1, 0.15) is 31.7 Å². The molecule has 1 aromatic carbocycles. The molecule has 142 valence electrons. The van der Waals surface area contributed by atoms with Crippen LogP contribution in [0.25, 0.3) is 0 Å². The molecule has 2 aliphatic rings. The Hall–Kier alpha value is -1.95.